The molecule has 3 rings (SSSR count). The Bertz CT molecular complexity index is 776. The molecule has 3 aromatic rings. The van der Waals surface area contributed by atoms with Crippen molar-refractivity contribution >= 4 is 27.6 Å². The van der Waals surface area contributed by atoms with Gasteiger partial charge in [0, 0.05) is 28.9 Å². The Labute approximate surface area is 110 Å². The molecule has 2 aromatic heterocycles. The van der Waals surface area contributed by atoms with Crippen molar-refractivity contribution < 1.29 is 9.00 Å². The molecule has 1 aromatic carbocycles. The molecule has 6 nitrogen and oxygen atoms in total. The van der Waals surface area contributed by atoms with Crippen LogP contribution in [0.3, 0.4) is 0 Å². The van der Waals surface area contributed by atoms with Gasteiger partial charge in [-0.05, 0) is 24.3 Å². The van der Waals surface area contributed by atoms with E-state index in [1.165, 1.54) is 0 Å². The highest BCUT2D eigenvalue weighted by Gasteiger charge is 2.13. The summed E-state index contributed by atoms with van der Waals surface area (Å²) in [5.41, 5.74) is 6.43. The van der Waals surface area contributed by atoms with Crippen molar-refractivity contribution in [1.29, 1.82) is 0 Å². The van der Waals surface area contributed by atoms with Gasteiger partial charge >= 0.3 is 0 Å². The number of imidazole rings is 1. The molecule has 4 N–H and O–H groups in total. The van der Waals surface area contributed by atoms with Crippen molar-refractivity contribution in [2.24, 2.45) is 5.73 Å². The molecule has 1 amide bonds. The molecule has 7 heteroatoms. The van der Waals surface area contributed by atoms with Gasteiger partial charge in [-0.25, -0.2) is 9.19 Å². The fraction of sp³-hybridized carbons (Fsp3) is 0. The van der Waals surface area contributed by atoms with Crippen LogP contribution in [0.5, 0.6) is 0 Å². The van der Waals surface area contributed by atoms with E-state index < -0.39 is 16.7 Å². The van der Waals surface area contributed by atoms with Crippen molar-refractivity contribution in [3.05, 3.63) is 42.2 Å². The molecule has 0 fully saturated rings. The van der Waals surface area contributed by atoms with Gasteiger partial charge in [-0.3, -0.25) is 4.79 Å². The van der Waals surface area contributed by atoms with E-state index in [9.17, 15) is 9.00 Å². The highest BCUT2D eigenvalue weighted by Crippen LogP contribution is 2.21. The molecule has 0 saturated heterocycles. The summed E-state index contributed by atoms with van der Waals surface area (Å²) in [5, 5.41) is 1.68. The Morgan fingerprint density at radius 2 is 2.16 bits per heavy atom. The second-order valence-electron chi connectivity index (χ2n) is 3.96. The van der Waals surface area contributed by atoms with E-state index in [4.69, 9.17) is 5.73 Å². The lowest BCUT2D eigenvalue weighted by atomic mass is 10.1. The lowest BCUT2D eigenvalue weighted by Crippen LogP contribution is -2.10. The molecule has 0 bridgehead atoms. The molecule has 19 heavy (non-hydrogen) atoms. The summed E-state index contributed by atoms with van der Waals surface area (Å²) < 4.78 is 12.2. The van der Waals surface area contributed by atoms with E-state index in [0.717, 1.165) is 10.9 Å². The minimum Gasteiger partial charge on any atom is -0.366 e. The van der Waals surface area contributed by atoms with Gasteiger partial charge in [-0.2, -0.15) is 0 Å². The maximum absolute atomic E-state index is 12.2. The van der Waals surface area contributed by atoms with E-state index in [0.29, 0.717) is 15.7 Å². The number of hydrogen-bond acceptors (Lipinski definition) is 3. The first-order valence-electron chi connectivity index (χ1n) is 5.49. The molecule has 0 saturated carbocycles. The molecule has 0 aliphatic heterocycles. The van der Waals surface area contributed by atoms with Gasteiger partial charge in [-0.15, -0.1) is 0 Å². The van der Waals surface area contributed by atoms with E-state index in [1.807, 2.05) is 0 Å². The first kappa shape index (κ1) is 11.7. The number of primary amides is 1. The zero-order valence-electron chi connectivity index (χ0n) is 9.71. The standard InChI is InChI=1S/C12H10N4O2S/c13-11(17)7-1-2-9-8(5-7)6-10(16-9)19(18)12-14-3-4-15-12/h1-6,16H,(H2,13,17)(H,14,15). The Hall–Kier alpha value is -2.41. The third-order valence-corrected chi connectivity index (χ3v) is 3.92. The maximum Gasteiger partial charge on any atom is 0.248 e. The first-order chi connectivity index (χ1) is 9.15. The second kappa shape index (κ2) is 4.36. The average molecular weight is 274 g/mol. The summed E-state index contributed by atoms with van der Waals surface area (Å²) in [7, 11) is -1.40. The van der Waals surface area contributed by atoms with Crippen LogP contribution in [0, 0.1) is 0 Å². The molecule has 1 atom stereocenters. The number of hydrogen-bond donors (Lipinski definition) is 3. The van der Waals surface area contributed by atoms with Crippen LogP contribution >= 0.6 is 0 Å². The van der Waals surface area contributed by atoms with E-state index in [1.54, 1.807) is 36.7 Å². The molecule has 96 valence electrons. The molecule has 0 aliphatic carbocycles. The van der Waals surface area contributed by atoms with E-state index >= 15 is 0 Å². The van der Waals surface area contributed by atoms with Gasteiger partial charge in [0.25, 0.3) is 0 Å². The smallest absolute Gasteiger partial charge is 0.248 e. The van der Waals surface area contributed by atoms with Crippen molar-refractivity contribution in [1.82, 2.24) is 15.0 Å². The monoisotopic (exact) mass is 274 g/mol. The van der Waals surface area contributed by atoms with E-state index in [2.05, 4.69) is 15.0 Å². The summed E-state index contributed by atoms with van der Waals surface area (Å²) >= 11 is 0. The summed E-state index contributed by atoms with van der Waals surface area (Å²) in [5.74, 6) is -0.489. The fourth-order valence-corrected chi connectivity index (χ4v) is 2.79. The number of fused-ring (bicyclic) bond motifs is 1. The van der Waals surface area contributed by atoms with Crippen LogP contribution in [0.25, 0.3) is 10.9 Å². The van der Waals surface area contributed by atoms with Crippen LogP contribution in [0.2, 0.25) is 0 Å². The number of carbonyl (C=O) groups is 1. The number of benzene rings is 1. The van der Waals surface area contributed by atoms with Crippen molar-refractivity contribution in [3.63, 3.8) is 0 Å². The SMILES string of the molecule is NC(=O)c1ccc2[nH]c(S(=O)c3ncc[nH]3)cc2c1. The van der Waals surface area contributed by atoms with Gasteiger partial charge in [0.1, 0.15) is 15.8 Å². The summed E-state index contributed by atoms with van der Waals surface area (Å²) in [6.45, 7) is 0. The molecular weight excluding hydrogens is 264 g/mol. The highest BCUT2D eigenvalue weighted by molar-refractivity contribution is 7.84. The number of carbonyl (C=O) groups excluding carboxylic acids is 1. The molecule has 2 heterocycles. The normalized spacial score (nSPS) is 12.6. The van der Waals surface area contributed by atoms with E-state index in [-0.39, 0.29) is 0 Å². The third kappa shape index (κ3) is 2.04. The van der Waals surface area contributed by atoms with Crippen LogP contribution in [0.1, 0.15) is 10.4 Å². The Balaban J connectivity index is 2.07. The highest BCUT2D eigenvalue weighted by atomic mass is 32.2. The lowest BCUT2D eigenvalue weighted by Gasteiger charge is -1.94. The molecule has 1 unspecified atom stereocenters. The van der Waals surface area contributed by atoms with Crippen LogP contribution in [-0.4, -0.2) is 25.1 Å². The average Bonchev–Trinajstić information content (AvgIpc) is 3.06. The van der Waals surface area contributed by atoms with Crippen molar-refractivity contribution in [3.8, 4) is 0 Å². The zero-order valence-corrected chi connectivity index (χ0v) is 10.5. The Kier molecular flexibility index (Phi) is 2.68. The molecule has 0 spiro atoms. The molecule has 0 aliphatic rings. The number of amides is 1. The van der Waals surface area contributed by atoms with Gasteiger partial charge in [-0.1, -0.05) is 0 Å². The Morgan fingerprint density at radius 3 is 2.84 bits per heavy atom. The largest absolute Gasteiger partial charge is 0.366 e. The Morgan fingerprint density at radius 1 is 1.32 bits per heavy atom. The van der Waals surface area contributed by atoms with Gasteiger partial charge in [0.2, 0.25) is 11.1 Å². The predicted molar refractivity (Wildman–Crippen MR) is 70.1 cm³/mol. The first-order valence-corrected chi connectivity index (χ1v) is 6.64. The topological polar surface area (TPSA) is 105 Å². The number of nitrogens with zero attached hydrogens (tertiary/aromatic N) is 1. The number of aromatic nitrogens is 3. The third-order valence-electron chi connectivity index (χ3n) is 2.73. The summed E-state index contributed by atoms with van der Waals surface area (Å²) in [6, 6.07) is 6.75. The van der Waals surface area contributed by atoms with Gasteiger partial charge in [0.05, 0.1) is 0 Å². The zero-order chi connectivity index (χ0) is 13.4. The van der Waals surface area contributed by atoms with Crippen molar-refractivity contribution in [2.75, 3.05) is 0 Å². The summed E-state index contributed by atoms with van der Waals surface area (Å²) in [4.78, 5) is 20.9. The number of H-pyrrole nitrogens is 2. The van der Waals surface area contributed by atoms with Gasteiger partial charge in [0.15, 0.2) is 0 Å². The quantitative estimate of drug-likeness (QED) is 0.667. The second-order valence-corrected chi connectivity index (χ2v) is 5.33. The van der Waals surface area contributed by atoms with Crippen molar-refractivity contribution in [2.45, 2.75) is 10.2 Å². The van der Waals surface area contributed by atoms with Crippen LogP contribution < -0.4 is 5.73 Å². The number of nitrogens with one attached hydrogen (secondary N) is 2. The lowest BCUT2D eigenvalue weighted by molar-refractivity contribution is 0.100. The molecule has 0 radical (unpaired) electrons. The summed E-state index contributed by atoms with van der Waals surface area (Å²) in [6.07, 6.45) is 3.15. The fourth-order valence-electron chi connectivity index (χ4n) is 1.82. The minimum absolute atomic E-state index is 0.377. The van der Waals surface area contributed by atoms with Crippen LogP contribution in [-0.2, 0) is 10.8 Å². The van der Waals surface area contributed by atoms with Gasteiger partial charge < -0.3 is 15.7 Å². The number of aromatic amines is 2. The maximum atomic E-state index is 12.2. The van der Waals surface area contributed by atoms with Crippen LogP contribution in [0.4, 0.5) is 0 Å². The number of nitrogens with two attached hydrogens (primary N) is 1. The molecular formula is C12H10N4O2S. The number of rotatable bonds is 3. The predicted octanol–water partition coefficient (Wildman–Crippen LogP) is 1.16. The minimum atomic E-state index is -1.40. The van der Waals surface area contributed by atoms with Crippen LogP contribution in [0.15, 0.2) is 46.8 Å².